The maximum absolute atomic E-state index is 2.58. The lowest BCUT2D eigenvalue weighted by atomic mass is 10.2. The van der Waals surface area contributed by atoms with Crippen LogP contribution in [0.25, 0.3) is 0 Å². The van der Waals surface area contributed by atoms with E-state index in [2.05, 4.69) is 48.0 Å². The lowest BCUT2D eigenvalue weighted by molar-refractivity contribution is 0.148. The van der Waals surface area contributed by atoms with Crippen molar-refractivity contribution in [3.05, 3.63) is 29.8 Å². The van der Waals surface area contributed by atoms with Crippen LogP contribution in [0.2, 0.25) is 0 Å². The van der Waals surface area contributed by atoms with E-state index in [9.17, 15) is 0 Å². The summed E-state index contributed by atoms with van der Waals surface area (Å²) < 4.78 is 0. The number of benzene rings is 1. The predicted octanol–water partition coefficient (Wildman–Crippen LogP) is 1.76. The third-order valence-corrected chi connectivity index (χ3v) is 4.60. The van der Waals surface area contributed by atoms with Crippen molar-refractivity contribution in [3.8, 4) is 0 Å². The maximum Gasteiger partial charge on any atom is 0.0241 e. The Bertz CT molecular complexity index is 346. The van der Waals surface area contributed by atoms with Crippen molar-refractivity contribution in [2.24, 2.45) is 0 Å². The largest absolute Gasteiger partial charge is 0.304 e. The van der Waals surface area contributed by atoms with E-state index in [1.54, 1.807) is 5.30 Å². The molecule has 1 aliphatic rings. The second kappa shape index (κ2) is 6.49. The molecule has 1 aliphatic heterocycles. The Kier molecular flexibility index (Phi) is 4.97. The summed E-state index contributed by atoms with van der Waals surface area (Å²) in [7, 11) is 3.18. The highest BCUT2D eigenvalue weighted by Gasteiger charge is 2.14. The van der Waals surface area contributed by atoms with Gasteiger partial charge in [0.25, 0.3) is 0 Å². The smallest absolute Gasteiger partial charge is 0.0241 e. The monoisotopic (exact) mass is 250 g/mol. The van der Waals surface area contributed by atoms with E-state index < -0.39 is 0 Å². The standard InChI is InChI=1S/C14H23N2P/c1-3-17-14-7-5-4-6-13(14)12-16-10-8-15(2)9-11-16/h4-7,17H,3,8-12H2,1-2H3. The summed E-state index contributed by atoms with van der Waals surface area (Å²) in [5.74, 6) is 0. The number of likely N-dealkylation sites (N-methyl/N-ethyl adjacent to an activating group) is 1. The summed E-state index contributed by atoms with van der Waals surface area (Å²) in [4.78, 5) is 5.00. The third-order valence-electron chi connectivity index (χ3n) is 3.37. The molecule has 1 fully saturated rings. The van der Waals surface area contributed by atoms with Gasteiger partial charge in [-0.15, -0.1) is 0 Å². The molecule has 0 aromatic heterocycles. The highest BCUT2D eigenvalue weighted by molar-refractivity contribution is 7.47. The zero-order valence-electron chi connectivity index (χ0n) is 10.9. The van der Waals surface area contributed by atoms with Gasteiger partial charge in [-0.05, 0) is 24.1 Å². The summed E-state index contributed by atoms with van der Waals surface area (Å²) in [5.41, 5.74) is 1.54. The van der Waals surface area contributed by atoms with E-state index in [-0.39, 0.29) is 0 Å². The summed E-state index contributed by atoms with van der Waals surface area (Å²) >= 11 is 0. The SMILES string of the molecule is CCPc1ccccc1CN1CCN(C)CC1. The Balaban J connectivity index is 1.98. The van der Waals surface area contributed by atoms with Gasteiger partial charge in [0, 0.05) is 32.7 Å². The molecule has 94 valence electrons. The molecule has 1 unspecified atom stereocenters. The molecule has 0 radical (unpaired) electrons. The number of hydrogen-bond acceptors (Lipinski definition) is 2. The van der Waals surface area contributed by atoms with Gasteiger partial charge in [-0.1, -0.05) is 39.8 Å². The second-order valence-electron chi connectivity index (χ2n) is 4.77. The van der Waals surface area contributed by atoms with Gasteiger partial charge in [-0.2, -0.15) is 0 Å². The maximum atomic E-state index is 2.58. The van der Waals surface area contributed by atoms with E-state index in [0.717, 1.165) is 15.1 Å². The summed E-state index contributed by atoms with van der Waals surface area (Å²) in [5, 5.41) is 1.56. The van der Waals surface area contributed by atoms with Crippen molar-refractivity contribution in [2.75, 3.05) is 39.4 Å². The normalized spacial score (nSPS) is 19.2. The first-order valence-corrected chi connectivity index (χ1v) is 7.73. The number of nitrogens with zero attached hydrogens (tertiary/aromatic N) is 2. The Hall–Kier alpha value is -0.430. The number of hydrogen-bond donors (Lipinski definition) is 0. The van der Waals surface area contributed by atoms with Gasteiger partial charge in [0.15, 0.2) is 0 Å². The molecular formula is C14H23N2P. The minimum atomic E-state index is 0.965. The molecule has 1 aromatic carbocycles. The van der Waals surface area contributed by atoms with Crippen LogP contribution in [-0.4, -0.2) is 49.2 Å². The van der Waals surface area contributed by atoms with Crippen LogP contribution in [0.4, 0.5) is 0 Å². The van der Waals surface area contributed by atoms with E-state index in [4.69, 9.17) is 0 Å². The van der Waals surface area contributed by atoms with Crippen molar-refractivity contribution < 1.29 is 0 Å². The number of rotatable bonds is 4. The molecule has 17 heavy (non-hydrogen) atoms. The van der Waals surface area contributed by atoms with Crippen molar-refractivity contribution in [3.63, 3.8) is 0 Å². The van der Waals surface area contributed by atoms with Crippen LogP contribution in [0.15, 0.2) is 24.3 Å². The molecule has 1 atom stereocenters. The Morgan fingerprint density at radius 1 is 1.12 bits per heavy atom. The van der Waals surface area contributed by atoms with Crippen molar-refractivity contribution in [1.29, 1.82) is 0 Å². The molecule has 0 aliphatic carbocycles. The van der Waals surface area contributed by atoms with E-state index >= 15 is 0 Å². The van der Waals surface area contributed by atoms with Gasteiger partial charge >= 0.3 is 0 Å². The zero-order valence-corrected chi connectivity index (χ0v) is 11.9. The molecule has 1 aromatic rings. The van der Waals surface area contributed by atoms with E-state index in [1.165, 1.54) is 37.9 Å². The van der Waals surface area contributed by atoms with Crippen LogP contribution in [-0.2, 0) is 6.54 Å². The molecule has 0 spiro atoms. The molecule has 2 rings (SSSR count). The van der Waals surface area contributed by atoms with Crippen molar-refractivity contribution >= 4 is 13.9 Å². The van der Waals surface area contributed by atoms with Gasteiger partial charge in [0.2, 0.25) is 0 Å². The molecule has 3 heteroatoms. The lowest BCUT2D eigenvalue weighted by Crippen LogP contribution is -2.44. The fourth-order valence-corrected chi connectivity index (χ4v) is 3.25. The first kappa shape index (κ1) is 13.0. The topological polar surface area (TPSA) is 6.48 Å². The summed E-state index contributed by atoms with van der Waals surface area (Å²) in [6, 6.07) is 8.95. The molecule has 0 bridgehead atoms. The molecule has 0 amide bonds. The van der Waals surface area contributed by atoms with Crippen LogP contribution in [0.1, 0.15) is 12.5 Å². The van der Waals surface area contributed by atoms with Gasteiger partial charge in [0.05, 0.1) is 0 Å². The van der Waals surface area contributed by atoms with Crippen LogP contribution in [0.5, 0.6) is 0 Å². The van der Waals surface area contributed by atoms with Crippen molar-refractivity contribution in [2.45, 2.75) is 13.5 Å². The molecule has 1 heterocycles. The average molecular weight is 250 g/mol. The third kappa shape index (κ3) is 3.77. The van der Waals surface area contributed by atoms with E-state index in [0.29, 0.717) is 0 Å². The van der Waals surface area contributed by atoms with Crippen LogP contribution >= 0.6 is 8.58 Å². The Morgan fingerprint density at radius 2 is 1.82 bits per heavy atom. The van der Waals surface area contributed by atoms with Gasteiger partial charge in [-0.3, -0.25) is 4.90 Å². The lowest BCUT2D eigenvalue weighted by Gasteiger charge is -2.32. The van der Waals surface area contributed by atoms with Crippen LogP contribution < -0.4 is 5.30 Å². The van der Waals surface area contributed by atoms with Gasteiger partial charge in [-0.25, -0.2) is 0 Å². The fourth-order valence-electron chi connectivity index (χ4n) is 2.27. The molecule has 0 saturated carbocycles. The molecular weight excluding hydrogens is 227 g/mol. The van der Waals surface area contributed by atoms with Gasteiger partial charge < -0.3 is 4.90 Å². The molecule has 2 nitrogen and oxygen atoms in total. The van der Waals surface area contributed by atoms with Gasteiger partial charge in [0.1, 0.15) is 0 Å². The zero-order chi connectivity index (χ0) is 12.1. The quantitative estimate of drug-likeness (QED) is 0.751. The van der Waals surface area contributed by atoms with Crippen LogP contribution in [0.3, 0.4) is 0 Å². The highest BCUT2D eigenvalue weighted by atomic mass is 31.1. The fraction of sp³-hybridized carbons (Fsp3) is 0.571. The highest BCUT2D eigenvalue weighted by Crippen LogP contribution is 2.15. The number of piperazine rings is 1. The molecule has 0 N–H and O–H groups in total. The summed E-state index contributed by atoms with van der Waals surface area (Å²) in [6.07, 6.45) is 1.26. The first-order valence-electron chi connectivity index (χ1n) is 6.52. The predicted molar refractivity (Wildman–Crippen MR) is 77.7 cm³/mol. The second-order valence-corrected chi connectivity index (χ2v) is 6.37. The minimum Gasteiger partial charge on any atom is -0.304 e. The average Bonchev–Trinajstić information content (AvgIpc) is 2.35. The molecule has 1 saturated heterocycles. The minimum absolute atomic E-state index is 0.965. The summed E-state index contributed by atoms with van der Waals surface area (Å²) in [6.45, 7) is 8.23. The van der Waals surface area contributed by atoms with E-state index in [1.807, 2.05) is 0 Å². The first-order chi connectivity index (χ1) is 8.29. The van der Waals surface area contributed by atoms with Crippen LogP contribution in [0, 0.1) is 0 Å². The Morgan fingerprint density at radius 3 is 2.53 bits per heavy atom. The Labute approximate surface area is 107 Å². The van der Waals surface area contributed by atoms with Crippen molar-refractivity contribution in [1.82, 2.24) is 9.80 Å².